The first-order valence-corrected chi connectivity index (χ1v) is 9.83. The minimum atomic E-state index is -1.87. The average molecular weight is 486 g/mol. The molecule has 0 aromatic heterocycles. The zero-order valence-corrected chi connectivity index (χ0v) is 18.4. The minimum absolute atomic E-state index is 0.0978. The molecule has 4 nitrogen and oxygen atoms in total. The van der Waals surface area contributed by atoms with Crippen molar-refractivity contribution in [1.82, 2.24) is 10.6 Å². The fraction of sp³-hybridized carbons (Fsp3) is 0.176. The molecule has 0 bridgehead atoms. The van der Waals surface area contributed by atoms with Gasteiger partial charge in [-0.3, -0.25) is 4.79 Å². The predicted octanol–water partition coefficient (Wildman–Crippen LogP) is 5.71. The van der Waals surface area contributed by atoms with Crippen LogP contribution in [0, 0.1) is 6.92 Å². The van der Waals surface area contributed by atoms with Crippen LogP contribution in [0.2, 0.25) is 10.0 Å². The number of aryl methyl sites for hydroxylation is 1. The highest BCUT2D eigenvalue weighted by Gasteiger charge is 2.35. The first kappa shape index (κ1) is 22.3. The standard InChI is InChI=1S/C17H14Cl5N3OS/c1-9-4-2-3-5-11(9)14(26)24-15(17(20,21)22)25-16(27)23-13-7-6-10(18)8-12(13)19/h2-8,15H,1H3,(H,24,26)(H2,23,25,27)/t15-/m0/s1. The summed E-state index contributed by atoms with van der Waals surface area (Å²) < 4.78 is -1.87. The molecule has 27 heavy (non-hydrogen) atoms. The van der Waals surface area contributed by atoms with Crippen molar-refractivity contribution >= 4 is 86.9 Å². The Kier molecular flexibility index (Phi) is 7.86. The van der Waals surface area contributed by atoms with Gasteiger partial charge in [0, 0.05) is 10.6 Å². The van der Waals surface area contributed by atoms with Crippen LogP contribution in [-0.2, 0) is 0 Å². The molecule has 144 valence electrons. The number of thiocarbonyl (C=S) groups is 1. The number of carbonyl (C=O) groups excluding carboxylic acids is 1. The molecule has 2 aromatic carbocycles. The lowest BCUT2D eigenvalue weighted by Gasteiger charge is -2.28. The largest absolute Gasteiger partial charge is 0.339 e. The van der Waals surface area contributed by atoms with Gasteiger partial charge in [0.25, 0.3) is 5.91 Å². The first-order chi connectivity index (χ1) is 12.6. The van der Waals surface area contributed by atoms with Gasteiger partial charge in [0.2, 0.25) is 3.79 Å². The third-order valence-corrected chi connectivity index (χ3v) is 4.87. The second-order valence-corrected chi connectivity index (χ2v) is 9.11. The van der Waals surface area contributed by atoms with Crippen LogP contribution in [0.25, 0.3) is 0 Å². The molecule has 0 aliphatic carbocycles. The zero-order valence-electron chi connectivity index (χ0n) is 13.8. The Labute approximate surface area is 187 Å². The fourth-order valence-electron chi connectivity index (χ4n) is 2.12. The summed E-state index contributed by atoms with van der Waals surface area (Å²) >= 11 is 35.2. The maximum atomic E-state index is 12.5. The van der Waals surface area contributed by atoms with Gasteiger partial charge in [-0.2, -0.15) is 0 Å². The number of benzene rings is 2. The van der Waals surface area contributed by atoms with Crippen molar-refractivity contribution in [2.75, 3.05) is 5.32 Å². The van der Waals surface area contributed by atoms with E-state index in [1.54, 1.807) is 43.3 Å². The van der Waals surface area contributed by atoms with E-state index in [1.807, 2.05) is 6.07 Å². The molecule has 0 aliphatic rings. The number of amides is 1. The molecule has 1 atom stereocenters. The van der Waals surface area contributed by atoms with E-state index in [0.717, 1.165) is 5.56 Å². The summed E-state index contributed by atoms with van der Waals surface area (Å²) in [5.41, 5.74) is 1.75. The lowest BCUT2D eigenvalue weighted by atomic mass is 10.1. The predicted molar refractivity (Wildman–Crippen MR) is 119 cm³/mol. The van der Waals surface area contributed by atoms with Gasteiger partial charge in [-0.25, -0.2) is 0 Å². The van der Waals surface area contributed by atoms with E-state index in [0.29, 0.717) is 21.3 Å². The number of hydrogen-bond donors (Lipinski definition) is 3. The van der Waals surface area contributed by atoms with E-state index in [9.17, 15) is 4.79 Å². The molecule has 0 saturated carbocycles. The maximum Gasteiger partial charge on any atom is 0.253 e. The van der Waals surface area contributed by atoms with Crippen LogP contribution in [0.15, 0.2) is 42.5 Å². The van der Waals surface area contributed by atoms with E-state index in [4.69, 9.17) is 70.2 Å². The second-order valence-electron chi connectivity index (χ2n) is 5.49. The summed E-state index contributed by atoms with van der Waals surface area (Å²) in [6.45, 7) is 1.81. The highest BCUT2D eigenvalue weighted by Crippen LogP contribution is 2.30. The lowest BCUT2D eigenvalue weighted by molar-refractivity contribution is 0.0934. The Morgan fingerprint density at radius 2 is 1.74 bits per heavy atom. The van der Waals surface area contributed by atoms with Crippen LogP contribution in [0.1, 0.15) is 15.9 Å². The summed E-state index contributed by atoms with van der Waals surface area (Å²) in [4.78, 5) is 12.5. The van der Waals surface area contributed by atoms with E-state index in [2.05, 4.69) is 16.0 Å². The van der Waals surface area contributed by atoms with Gasteiger partial charge < -0.3 is 16.0 Å². The Morgan fingerprint density at radius 3 is 2.33 bits per heavy atom. The fourth-order valence-corrected chi connectivity index (χ4v) is 3.13. The Hall–Kier alpha value is -0.950. The topological polar surface area (TPSA) is 53.2 Å². The number of anilines is 1. The minimum Gasteiger partial charge on any atom is -0.339 e. The number of nitrogens with one attached hydrogen (secondary N) is 3. The van der Waals surface area contributed by atoms with Crippen molar-refractivity contribution in [3.8, 4) is 0 Å². The smallest absolute Gasteiger partial charge is 0.253 e. The highest BCUT2D eigenvalue weighted by molar-refractivity contribution is 7.80. The van der Waals surface area contributed by atoms with Crippen LogP contribution in [0.4, 0.5) is 5.69 Å². The van der Waals surface area contributed by atoms with Gasteiger partial charge >= 0.3 is 0 Å². The first-order valence-electron chi connectivity index (χ1n) is 7.53. The average Bonchev–Trinajstić information content (AvgIpc) is 2.56. The zero-order chi connectivity index (χ0) is 20.2. The summed E-state index contributed by atoms with van der Waals surface area (Å²) in [6.07, 6.45) is -1.10. The summed E-state index contributed by atoms with van der Waals surface area (Å²) in [5, 5.41) is 9.20. The molecule has 3 N–H and O–H groups in total. The molecule has 0 radical (unpaired) electrons. The molecule has 2 rings (SSSR count). The van der Waals surface area contributed by atoms with Gasteiger partial charge in [0.1, 0.15) is 6.17 Å². The van der Waals surface area contributed by atoms with Crippen molar-refractivity contribution in [2.24, 2.45) is 0 Å². The van der Waals surface area contributed by atoms with Crippen LogP contribution in [-0.4, -0.2) is 21.0 Å². The van der Waals surface area contributed by atoms with Crippen LogP contribution >= 0.6 is 70.2 Å². The molecule has 1 amide bonds. The van der Waals surface area contributed by atoms with Crippen LogP contribution in [0.3, 0.4) is 0 Å². The van der Waals surface area contributed by atoms with E-state index in [-0.39, 0.29) is 5.11 Å². The van der Waals surface area contributed by atoms with Gasteiger partial charge in [-0.05, 0) is 49.0 Å². The normalized spacial score (nSPS) is 12.2. The van der Waals surface area contributed by atoms with Crippen molar-refractivity contribution < 1.29 is 4.79 Å². The number of rotatable bonds is 4. The third-order valence-electron chi connectivity index (χ3n) is 3.45. The summed E-state index contributed by atoms with van der Waals surface area (Å²) in [7, 11) is 0. The molecule has 0 fully saturated rings. The molecule has 0 unspecified atom stereocenters. The maximum absolute atomic E-state index is 12.5. The van der Waals surface area contributed by atoms with E-state index >= 15 is 0 Å². The number of hydrogen-bond acceptors (Lipinski definition) is 2. The van der Waals surface area contributed by atoms with Crippen molar-refractivity contribution in [1.29, 1.82) is 0 Å². The van der Waals surface area contributed by atoms with Gasteiger partial charge in [-0.15, -0.1) is 0 Å². The van der Waals surface area contributed by atoms with Crippen molar-refractivity contribution in [3.05, 3.63) is 63.6 Å². The van der Waals surface area contributed by atoms with Gasteiger partial charge in [0.05, 0.1) is 10.7 Å². The molecule has 0 heterocycles. The Morgan fingerprint density at radius 1 is 1.07 bits per heavy atom. The quantitative estimate of drug-likeness (QED) is 0.295. The molecule has 0 aliphatic heterocycles. The number of halogens is 5. The molecule has 0 saturated heterocycles. The number of alkyl halides is 3. The molecule has 0 spiro atoms. The SMILES string of the molecule is Cc1ccccc1C(=O)N[C@@H](NC(=S)Nc1ccc(Cl)cc1Cl)C(Cl)(Cl)Cl. The summed E-state index contributed by atoms with van der Waals surface area (Å²) in [6, 6.07) is 11.9. The Balaban J connectivity index is 2.11. The van der Waals surface area contributed by atoms with Crippen molar-refractivity contribution in [3.63, 3.8) is 0 Å². The Bertz CT molecular complexity index is 857. The van der Waals surface area contributed by atoms with Gasteiger partial charge in [0.15, 0.2) is 5.11 Å². The van der Waals surface area contributed by atoms with Gasteiger partial charge in [-0.1, -0.05) is 76.2 Å². The van der Waals surface area contributed by atoms with E-state index < -0.39 is 15.9 Å². The van der Waals surface area contributed by atoms with Crippen LogP contribution < -0.4 is 16.0 Å². The molecular weight excluding hydrogens is 472 g/mol. The molecule has 10 heteroatoms. The molecule has 2 aromatic rings. The monoisotopic (exact) mass is 483 g/mol. The summed E-state index contributed by atoms with van der Waals surface area (Å²) in [5.74, 6) is -0.413. The molecular formula is C17H14Cl5N3OS. The second kappa shape index (κ2) is 9.50. The van der Waals surface area contributed by atoms with Crippen molar-refractivity contribution in [2.45, 2.75) is 16.9 Å². The highest BCUT2D eigenvalue weighted by atomic mass is 35.6. The number of carbonyl (C=O) groups is 1. The third kappa shape index (κ3) is 6.56. The van der Waals surface area contributed by atoms with E-state index in [1.165, 1.54) is 0 Å². The lowest BCUT2D eigenvalue weighted by Crippen LogP contribution is -2.56. The van der Waals surface area contributed by atoms with Crippen LogP contribution in [0.5, 0.6) is 0 Å².